The lowest BCUT2D eigenvalue weighted by molar-refractivity contribution is -0.124. The molecule has 0 aromatic carbocycles. The van der Waals surface area contributed by atoms with Gasteiger partial charge < -0.3 is 16.0 Å². The van der Waals surface area contributed by atoms with Gasteiger partial charge in [0.1, 0.15) is 5.54 Å². The summed E-state index contributed by atoms with van der Waals surface area (Å²) in [4.78, 5) is 18.1. The molecule has 1 amide bonds. The normalized spacial score (nSPS) is 14.2. The van der Waals surface area contributed by atoms with Gasteiger partial charge in [0.05, 0.1) is 0 Å². The third-order valence-electron chi connectivity index (χ3n) is 3.37. The maximum absolute atomic E-state index is 11.7. The number of pyridine rings is 1. The maximum Gasteiger partial charge on any atom is 0.238 e. The molecule has 1 unspecified atom stereocenters. The van der Waals surface area contributed by atoms with Crippen molar-refractivity contribution in [1.29, 1.82) is 0 Å². The number of nitrogens with two attached hydrogens (primary N) is 1. The van der Waals surface area contributed by atoms with Gasteiger partial charge in [-0.3, -0.25) is 9.78 Å². The molecular formula is C15H26N4O. The van der Waals surface area contributed by atoms with E-state index in [1.807, 2.05) is 32.2 Å². The van der Waals surface area contributed by atoms with E-state index in [0.29, 0.717) is 6.54 Å². The number of carbonyl (C=O) groups excluding carboxylic acids is 1. The summed E-state index contributed by atoms with van der Waals surface area (Å²) in [7, 11) is 2.00. The van der Waals surface area contributed by atoms with Crippen molar-refractivity contribution in [3.8, 4) is 0 Å². The van der Waals surface area contributed by atoms with Crippen molar-refractivity contribution in [2.75, 3.05) is 26.7 Å². The summed E-state index contributed by atoms with van der Waals surface area (Å²) >= 11 is 0. The van der Waals surface area contributed by atoms with Gasteiger partial charge in [0.2, 0.25) is 5.91 Å². The molecule has 1 aromatic heterocycles. The van der Waals surface area contributed by atoms with Gasteiger partial charge in [0.25, 0.3) is 0 Å². The Morgan fingerprint density at radius 3 is 2.80 bits per heavy atom. The predicted octanol–water partition coefficient (Wildman–Crippen LogP) is 0.800. The minimum Gasteiger partial charge on any atom is -0.368 e. The average Bonchev–Trinajstić information content (AvgIpc) is 2.44. The molecule has 112 valence electrons. The molecule has 5 nitrogen and oxygen atoms in total. The van der Waals surface area contributed by atoms with Crippen molar-refractivity contribution in [3.63, 3.8) is 0 Å². The molecule has 0 radical (unpaired) electrons. The van der Waals surface area contributed by atoms with E-state index < -0.39 is 5.54 Å². The third kappa shape index (κ3) is 5.27. The van der Waals surface area contributed by atoms with Crippen LogP contribution in [-0.4, -0.2) is 48.0 Å². The number of hydrogen-bond acceptors (Lipinski definition) is 4. The molecule has 3 N–H and O–H groups in total. The summed E-state index contributed by atoms with van der Waals surface area (Å²) in [5.74, 6) is -0.310. The number of primary amides is 1. The van der Waals surface area contributed by atoms with Gasteiger partial charge in [-0.1, -0.05) is 13.0 Å². The van der Waals surface area contributed by atoms with Crippen molar-refractivity contribution >= 4 is 5.91 Å². The Labute approximate surface area is 121 Å². The number of carbonyl (C=O) groups is 1. The first kappa shape index (κ1) is 16.6. The summed E-state index contributed by atoms with van der Waals surface area (Å²) < 4.78 is 0. The quantitative estimate of drug-likeness (QED) is 0.701. The van der Waals surface area contributed by atoms with Crippen LogP contribution in [-0.2, 0) is 11.2 Å². The van der Waals surface area contributed by atoms with Crippen LogP contribution in [0.4, 0.5) is 0 Å². The van der Waals surface area contributed by atoms with Gasteiger partial charge in [0, 0.05) is 31.4 Å². The smallest absolute Gasteiger partial charge is 0.238 e. The standard InChI is InChI=1S/C15H26N4O/c1-4-9-18-15(2,14(16)20)12-19(3)11-8-13-7-5-6-10-17-13/h5-7,10,18H,4,8-9,11-12H2,1-3H3,(H2,16,20). The van der Waals surface area contributed by atoms with Crippen LogP contribution >= 0.6 is 0 Å². The lowest BCUT2D eigenvalue weighted by Gasteiger charge is -2.32. The Bertz CT molecular complexity index is 410. The Hall–Kier alpha value is -1.46. The minimum atomic E-state index is -0.686. The van der Waals surface area contributed by atoms with Crippen LogP contribution in [0.2, 0.25) is 0 Å². The van der Waals surface area contributed by atoms with Gasteiger partial charge in [-0.25, -0.2) is 0 Å². The van der Waals surface area contributed by atoms with Crippen LogP contribution in [0.3, 0.4) is 0 Å². The van der Waals surface area contributed by atoms with Crippen LogP contribution in [0.15, 0.2) is 24.4 Å². The predicted molar refractivity (Wildman–Crippen MR) is 81.3 cm³/mol. The van der Waals surface area contributed by atoms with Gasteiger partial charge in [-0.15, -0.1) is 0 Å². The zero-order valence-corrected chi connectivity index (χ0v) is 12.7. The average molecular weight is 278 g/mol. The molecule has 0 bridgehead atoms. The molecule has 0 saturated carbocycles. The van der Waals surface area contributed by atoms with Crippen molar-refractivity contribution in [2.45, 2.75) is 32.2 Å². The molecule has 0 aliphatic carbocycles. The first-order chi connectivity index (χ1) is 9.48. The summed E-state index contributed by atoms with van der Waals surface area (Å²) in [6, 6.07) is 5.90. The number of aromatic nitrogens is 1. The highest BCUT2D eigenvalue weighted by atomic mass is 16.1. The molecule has 0 saturated heterocycles. The fraction of sp³-hybridized carbons (Fsp3) is 0.600. The van der Waals surface area contributed by atoms with E-state index in [1.165, 1.54) is 0 Å². The molecule has 0 aliphatic heterocycles. The Balaban J connectivity index is 2.49. The van der Waals surface area contributed by atoms with E-state index in [-0.39, 0.29) is 5.91 Å². The first-order valence-corrected chi connectivity index (χ1v) is 7.11. The number of hydrogen-bond donors (Lipinski definition) is 2. The number of amides is 1. The van der Waals surface area contributed by atoms with E-state index in [2.05, 4.69) is 22.1 Å². The fourth-order valence-corrected chi connectivity index (χ4v) is 2.09. The van der Waals surface area contributed by atoms with Crippen LogP contribution in [0.25, 0.3) is 0 Å². The monoisotopic (exact) mass is 278 g/mol. The highest BCUT2D eigenvalue weighted by Crippen LogP contribution is 2.06. The molecule has 0 aliphatic rings. The summed E-state index contributed by atoms with van der Waals surface area (Å²) in [5, 5.41) is 3.24. The molecule has 20 heavy (non-hydrogen) atoms. The van der Waals surface area contributed by atoms with Crippen LogP contribution in [0.1, 0.15) is 26.0 Å². The number of likely N-dealkylation sites (N-methyl/N-ethyl adjacent to an activating group) is 1. The molecule has 0 fully saturated rings. The molecule has 1 aromatic rings. The van der Waals surface area contributed by atoms with Gasteiger partial charge >= 0.3 is 0 Å². The topological polar surface area (TPSA) is 71.2 Å². The lowest BCUT2D eigenvalue weighted by atomic mass is 10.0. The van der Waals surface area contributed by atoms with E-state index >= 15 is 0 Å². The van der Waals surface area contributed by atoms with Crippen LogP contribution in [0, 0.1) is 0 Å². The highest BCUT2D eigenvalue weighted by molar-refractivity contribution is 5.84. The second-order valence-electron chi connectivity index (χ2n) is 5.43. The molecule has 0 spiro atoms. The van der Waals surface area contributed by atoms with Crippen LogP contribution < -0.4 is 11.1 Å². The number of rotatable bonds is 9. The zero-order valence-electron chi connectivity index (χ0n) is 12.7. The molecule has 1 heterocycles. The second kappa shape index (κ2) is 7.97. The van der Waals surface area contributed by atoms with Gasteiger partial charge in [0.15, 0.2) is 0 Å². The highest BCUT2D eigenvalue weighted by Gasteiger charge is 2.31. The molecule has 1 rings (SSSR count). The van der Waals surface area contributed by atoms with Crippen molar-refractivity contribution in [3.05, 3.63) is 30.1 Å². The molecular weight excluding hydrogens is 252 g/mol. The van der Waals surface area contributed by atoms with E-state index in [0.717, 1.165) is 31.6 Å². The van der Waals surface area contributed by atoms with E-state index in [9.17, 15) is 4.79 Å². The second-order valence-corrected chi connectivity index (χ2v) is 5.43. The minimum absolute atomic E-state index is 0.310. The largest absolute Gasteiger partial charge is 0.368 e. The van der Waals surface area contributed by atoms with Gasteiger partial charge in [-0.2, -0.15) is 0 Å². The summed E-state index contributed by atoms with van der Waals surface area (Å²) in [6.45, 7) is 6.15. The van der Waals surface area contributed by atoms with E-state index in [4.69, 9.17) is 5.73 Å². The van der Waals surface area contributed by atoms with Crippen LogP contribution in [0.5, 0.6) is 0 Å². The third-order valence-corrected chi connectivity index (χ3v) is 3.37. The Morgan fingerprint density at radius 2 is 2.25 bits per heavy atom. The lowest BCUT2D eigenvalue weighted by Crippen LogP contribution is -2.59. The number of nitrogens with zero attached hydrogens (tertiary/aromatic N) is 2. The van der Waals surface area contributed by atoms with Crippen molar-refractivity contribution in [2.24, 2.45) is 5.73 Å². The van der Waals surface area contributed by atoms with E-state index in [1.54, 1.807) is 6.20 Å². The number of nitrogens with one attached hydrogen (secondary N) is 1. The Morgan fingerprint density at radius 1 is 1.50 bits per heavy atom. The van der Waals surface area contributed by atoms with Crippen molar-refractivity contribution in [1.82, 2.24) is 15.2 Å². The SMILES string of the molecule is CCCNC(C)(CN(C)CCc1ccccn1)C(N)=O. The molecule has 1 atom stereocenters. The van der Waals surface area contributed by atoms with Gasteiger partial charge in [-0.05, 0) is 39.1 Å². The summed E-state index contributed by atoms with van der Waals surface area (Å²) in [5.41, 5.74) is 5.90. The fourth-order valence-electron chi connectivity index (χ4n) is 2.09. The molecule has 5 heteroatoms. The first-order valence-electron chi connectivity index (χ1n) is 7.11. The maximum atomic E-state index is 11.7. The van der Waals surface area contributed by atoms with Crippen molar-refractivity contribution < 1.29 is 4.79 Å². The Kier molecular flexibility index (Phi) is 6.61. The summed E-state index contributed by atoms with van der Waals surface area (Å²) in [6.07, 6.45) is 3.63. The zero-order chi connectivity index (χ0) is 15.0.